The van der Waals surface area contributed by atoms with Crippen LogP contribution in [0.5, 0.6) is 0 Å². The minimum absolute atomic E-state index is 0.0131. The van der Waals surface area contributed by atoms with Crippen LogP contribution in [0.25, 0.3) is 0 Å². The summed E-state index contributed by atoms with van der Waals surface area (Å²) in [6.07, 6.45) is 0.800. The van der Waals surface area contributed by atoms with Crippen molar-refractivity contribution < 1.29 is 9.72 Å². The van der Waals surface area contributed by atoms with Gasteiger partial charge in [0.2, 0.25) is 0 Å². The van der Waals surface area contributed by atoms with E-state index >= 15 is 0 Å². The molecule has 1 amide bonds. The highest BCUT2D eigenvalue weighted by molar-refractivity contribution is 5.94. The number of rotatable bonds is 6. The number of nitrogens with zero attached hydrogens (tertiary/aromatic N) is 1. The van der Waals surface area contributed by atoms with E-state index in [-0.39, 0.29) is 17.6 Å². The zero-order valence-electron chi connectivity index (χ0n) is 12.1. The molecule has 1 aromatic carbocycles. The molecule has 6 nitrogen and oxygen atoms in total. The summed E-state index contributed by atoms with van der Waals surface area (Å²) in [5.41, 5.74) is 6.53. The Morgan fingerprint density at radius 1 is 1.45 bits per heavy atom. The van der Waals surface area contributed by atoms with Crippen LogP contribution >= 0.6 is 0 Å². The van der Waals surface area contributed by atoms with Crippen LogP contribution in [0.1, 0.15) is 36.2 Å². The van der Waals surface area contributed by atoms with E-state index in [1.165, 1.54) is 18.2 Å². The van der Waals surface area contributed by atoms with Crippen LogP contribution in [-0.4, -0.2) is 23.4 Å². The smallest absolute Gasteiger partial charge is 0.272 e. The van der Waals surface area contributed by atoms with Gasteiger partial charge >= 0.3 is 0 Å². The van der Waals surface area contributed by atoms with E-state index in [4.69, 9.17) is 5.73 Å². The lowest BCUT2D eigenvalue weighted by molar-refractivity contribution is -0.385. The van der Waals surface area contributed by atoms with E-state index < -0.39 is 4.92 Å². The molecule has 0 aromatic heterocycles. The summed E-state index contributed by atoms with van der Waals surface area (Å²) < 4.78 is 0. The van der Waals surface area contributed by atoms with E-state index in [2.05, 4.69) is 19.2 Å². The van der Waals surface area contributed by atoms with Gasteiger partial charge in [-0.1, -0.05) is 13.8 Å². The third-order valence-corrected chi connectivity index (χ3v) is 3.03. The SMILES string of the molecule is Cc1cc(C(=O)NC(CN)CC(C)C)ccc1[N+](=O)[O-]. The van der Waals surface area contributed by atoms with Gasteiger partial charge in [0.15, 0.2) is 0 Å². The second kappa shape index (κ2) is 7.00. The van der Waals surface area contributed by atoms with E-state index in [0.717, 1.165) is 6.42 Å². The Morgan fingerprint density at radius 2 is 2.10 bits per heavy atom. The maximum absolute atomic E-state index is 12.1. The Labute approximate surface area is 118 Å². The van der Waals surface area contributed by atoms with E-state index in [1.54, 1.807) is 6.92 Å². The number of nitrogens with two attached hydrogens (primary N) is 1. The first-order chi connectivity index (χ1) is 9.35. The largest absolute Gasteiger partial charge is 0.348 e. The average Bonchev–Trinajstić information content (AvgIpc) is 2.36. The molecule has 1 unspecified atom stereocenters. The molecular weight excluding hydrogens is 258 g/mol. The Morgan fingerprint density at radius 3 is 2.55 bits per heavy atom. The number of hydrogen-bond acceptors (Lipinski definition) is 4. The van der Waals surface area contributed by atoms with Crippen LogP contribution in [0.15, 0.2) is 18.2 Å². The first-order valence-electron chi connectivity index (χ1n) is 6.61. The molecule has 1 atom stereocenters. The predicted molar refractivity (Wildman–Crippen MR) is 77.6 cm³/mol. The van der Waals surface area contributed by atoms with Crippen LogP contribution in [-0.2, 0) is 0 Å². The second-order valence-corrected chi connectivity index (χ2v) is 5.29. The molecule has 0 bridgehead atoms. The molecule has 0 saturated heterocycles. The van der Waals surface area contributed by atoms with E-state index in [0.29, 0.717) is 23.6 Å². The van der Waals surface area contributed by atoms with Crippen molar-refractivity contribution in [3.05, 3.63) is 39.4 Å². The van der Waals surface area contributed by atoms with Crippen molar-refractivity contribution in [2.24, 2.45) is 11.7 Å². The van der Waals surface area contributed by atoms with Crippen molar-refractivity contribution >= 4 is 11.6 Å². The van der Waals surface area contributed by atoms with Gasteiger partial charge in [0.25, 0.3) is 11.6 Å². The number of nitro groups is 1. The number of carbonyl (C=O) groups excluding carboxylic acids is 1. The number of amides is 1. The lowest BCUT2D eigenvalue weighted by Gasteiger charge is -2.18. The standard InChI is InChI=1S/C14H21N3O3/c1-9(2)6-12(8-15)16-14(18)11-4-5-13(17(19)20)10(3)7-11/h4-5,7,9,12H,6,8,15H2,1-3H3,(H,16,18). The molecule has 6 heteroatoms. The molecule has 0 spiro atoms. The van der Waals surface area contributed by atoms with Gasteiger partial charge in [-0.2, -0.15) is 0 Å². The molecule has 1 rings (SSSR count). The molecule has 0 fully saturated rings. The number of hydrogen-bond donors (Lipinski definition) is 2. The maximum Gasteiger partial charge on any atom is 0.272 e. The zero-order chi connectivity index (χ0) is 15.3. The van der Waals surface area contributed by atoms with E-state index in [9.17, 15) is 14.9 Å². The highest BCUT2D eigenvalue weighted by atomic mass is 16.6. The van der Waals surface area contributed by atoms with Gasteiger partial charge in [0, 0.05) is 29.8 Å². The summed E-state index contributed by atoms with van der Waals surface area (Å²) in [4.78, 5) is 22.4. The summed E-state index contributed by atoms with van der Waals surface area (Å²) in [6, 6.07) is 4.25. The van der Waals surface area contributed by atoms with Gasteiger partial charge in [0.1, 0.15) is 0 Å². The fourth-order valence-electron chi connectivity index (χ4n) is 2.05. The summed E-state index contributed by atoms with van der Waals surface area (Å²) in [5.74, 6) is 0.182. The van der Waals surface area contributed by atoms with Crippen LogP contribution in [0.4, 0.5) is 5.69 Å². The monoisotopic (exact) mass is 279 g/mol. The summed E-state index contributed by atoms with van der Waals surface area (Å²) in [6.45, 7) is 6.11. The Kier molecular flexibility index (Phi) is 5.64. The van der Waals surface area contributed by atoms with Crippen molar-refractivity contribution in [2.45, 2.75) is 33.2 Å². The zero-order valence-corrected chi connectivity index (χ0v) is 12.1. The summed E-state index contributed by atoms with van der Waals surface area (Å²) >= 11 is 0. The highest BCUT2D eigenvalue weighted by Crippen LogP contribution is 2.18. The normalized spacial score (nSPS) is 12.2. The highest BCUT2D eigenvalue weighted by Gasteiger charge is 2.16. The van der Waals surface area contributed by atoms with E-state index in [1.807, 2.05) is 0 Å². The maximum atomic E-state index is 12.1. The summed E-state index contributed by atoms with van der Waals surface area (Å²) in [5, 5.41) is 13.6. The second-order valence-electron chi connectivity index (χ2n) is 5.29. The van der Waals surface area contributed by atoms with Crippen LogP contribution in [0.3, 0.4) is 0 Å². The van der Waals surface area contributed by atoms with Crippen LogP contribution in [0, 0.1) is 23.0 Å². The number of aryl methyl sites for hydroxylation is 1. The van der Waals surface area contributed by atoms with Gasteiger partial charge in [-0.25, -0.2) is 0 Å². The average molecular weight is 279 g/mol. The third-order valence-electron chi connectivity index (χ3n) is 3.03. The van der Waals surface area contributed by atoms with Gasteiger partial charge in [-0.15, -0.1) is 0 Å². The van der Waals surface area contributed by atoms with Crippen molar-refractivity contribution in [3.63, 3.8) is 0 Å². The molecule has 0 aliphatic carbocycles. The van der Waals surface area contributed by atoms with Gasteiger partial charge < -0.3 is 11.1 Å². The Hall–Kier alpha value is -1.95. The molecule has 110 valence electrons. The third kappa shape index (κ3) is 4.31. The Bertz CT molecular complexity index is 500. The van der Waals surface area contributed by atoms with Crippen molar-refractivity contribution in [1.82, 2.24) is 5.32 Å². The molecule has 3 N–H and O–H groups in total. The number of nitrogens with one attached hydrogen (secondary N) is 1. The lowest BCUT2D eigenvalue weighted by atomic mass is 10.0. The first-order valence-corrected chi connectivity index (χ1v) is 6.61. The molecule has 0 heterocycles. The molecular formula is C14H21N3O3. The number of benzene rings is 1. The van der Waals surface area contributed by atoms with Crippen molar-refractivity contribution in [3.8, 4) is 0 Å². The molecule has 0 aliphatic rings. The number of nitro benzene ring substituents is 1. The van der Waals surface area contributed by atoms with Crippen LogP contribution in [0.2, 0.25) is 0 Å². The van der Waals surface area contributed by atoms with Crippen molar-refractivity contribution in [2.75, 3.05) is 6.54 Å². The lowest BCUT2D eigenvalue weighted by Crippen LogP contribution is -2.41. The molecule has 1 aromatic rings. The van der Waals surface area contributed by atoms with Crippen LogP contribution < -0.4 is 11.1 Å². The Balaban J connectivity index is 2.82. The molecule has 20 heavy (non-hydrogen) atoms. The van der Waals surface area contributed by atoms with Gasteiger partial charge in [-0.3, -0.25) is 14.9 Å². The first kappa shape index (κ1) is 16.1. The molecule has 0 aliphatic heterocycles. The minimum atomic E-state index is -0.460. The quantitative estimate of drug-likeness (QED) is 0.614. The molecule has 0 saturated carbocycles. The minimum Gasteiger partial charge on any atom is -0.348 e. The topological polar surface area (TPSA) is 98.3 Å². The van der Waals surface area contributed by atoms with Crippen molar-refractivity contribution in [1.29, 1.82) is 0 Å². The fourth-order valence-corrected chi connectivity index (χ4v) is 2.05. The fraction of sp³-hybridized carbons (Fsp3) is 0.500. The summed E-state index contributed by atoms with van der Waals surface area (Å²) in [7, 11) is 0. The molecule has 0 radical (unpaired) electrons. The van der Waals surface area contributed by atoms with Gasteiger partial charge in [0.05, 0.1) is 4.92 Å². The predicted octanol–water partition coefficient (Wildman–Crippen LogP) is 2.01. The van der Waals surface area contributed by atoms with Gasteiger partial charge in [-0.05, 0) is 31.4 Å². The number of carbonyl (C=O) groups is 1.